The topological polar surface area (TPSA) is 36.4 Å². The van der Waals surface area contributed by atoms with Crippen LogP contribution in [0.5, 0.6) is 0 Å². The van der Waals surface area contributed by atoms with E-state index in [4.69, 9.17) is 0 Å². The third kappa shape index (κ3) is 2.94. The molecule has 0 amide bonds. The summed E-state index contributed by atoms with van der Waals surface area (Å²) in [6.45, 7) is 10.4. The second-order valence-electron chi connectivity index (χ2n) is 5.74. The van der Waals surface area contributed by atoms with Gasteiger partial charge in [-0.15, -0.1) is 0 Å². The molecule has 0 spiro atoms. The van der Waals surface area contributed by atoms with Crippen molar-refractivity contribution in [3.63, 3.8) is 0 Å². The van der Waals surface area contributed by atoms with Crippen LogP contribution in [0.1, 0.15) is 45.8 Å². The van der Waals surface area contributed by atoms with Gasteiger partial charge in [0.05, 0.1) is 11.6 Å². The van der Waals surface area contributed by atoms with E-state index in [1.165, 1.54) is 0 Å². The lowest BCUT2D eigenvalue weighted by Gasteiger charge is -2.43. The summed E-state index contributed by atoms with van der Waals surface area (Å²) in [5.74, 6) is 0. The number of benzene rings is 1. The Morgan fingerprint density at radius 2 is 1.90 bits per heavy atom. The van der Waals surface area contributed by atoms with Gasteiger partial charge in [-0.25, -0.2) is 0 Å². The van der Waals surface area contributed by atoms with E-state index >= 15 is 0 Å². The molecule has 3 nitrogen and oxygen atoms in total. The van der Waals surface area contributed by atoms with Crippen LogP contribution in [0.25, 0.3) is 10.9 Å². The maximum atomic E-state index is 11.0. The Balaban J connectivity index is 2.41. The van der Waals surface area contributed by atoms with Gasteiger partial charge in [0.25, 0.3) is 0 Å². The molecule has 1 aromatic carbocycles. The van der Waals surface area contributed by atoms with Crippen LogP contribution in [-0.2, 0) is 0 Å². The first-order chi connectivity index (χ1) is 10.1. The molecule has 21 heavy (non-hydrogen) atoms. The van der Waals surface area contributed by atoms with Crippen molar-refractivity contribution < 1.29 is 5.11 Å². The van der Waals surface area contributed by atoms with Gasteiger partial charge in [0, 0.05) is 17.1 Å². The Bertz CT molecular complexity index is 595. The van der Waals surface area contributed by atoms with E-state index < -0.39 is 6.10 Å². The van der Waals surface area contributed by atoms with Crippen molar-refractivity contribution >= 4 is 10.9 Å². The zero-order valence-corrected chi connectivity index (χ0v) is 13.5. The van der Waals surface area contributed by atoms with Gasteiger partial charge < -0.3 is 5.11 Å². The van der Waals surface area contributed by atoms with Crippen LogP contribution in [0.2, 0.25) is 0 Å². The summed E-state index contributed by atoms with van der Waals surface area (Å²) in [6, 6.07) is 10.1. The zero-order valence-electron chi connectivity index (χ0n) is 13.5. The van der Waals surface area contributed by atoms with Crippen molar-refractivity contribution in [3.05, 3.63) is 42.1 Å². The average molecular weight is 286 g/mol. The number of pyridine rings is 1. The molecule has 114 valence electrons. The molecule has 0 saturated carbocycles. The predicted octanol–water partition coefficient (Wildman–Crippen LogP) is 3.78. The number of hydrogen-bond acceptors (Lipinski definition) is 3. The van der Waals surface area contributed by atoms with Gasteiger partial charge >= 0.3 is 0 Å². The minimum Gasteiger partial charge on any atom is -0.386 e. The van der Waals surface area contributed by atoms with Gasteiger partial charge in [-0.2, -0.15) is 0 Å². The SMILES string of the molecule is CCN(CC)C(C)(CC)C(O)c1ccc2cccnc2c1. The van der Waals surface area contributed by atoms with Crippen LogP contribution in [0.4, 0.5) is 0 Å². The van der Waals surface area contributed by atoms with Crippen molar-refractivity contribution in [2.75, 3.05) is 13.1 Å². The molecule has 1 heterocycles. The third-order valence-corrected chi connectivity index (χ3v) is 4.74. The van der Waals surface area contributed by atoms with Crippen LogP contribution in [0.15, 0.2) is 36.5 Å². The summed E-state index contributed by atoms with van der Waals surface area (Å²) >= 11 is 0. The monoisotopic (exact) mass is 286 g/mol. The van der Waals surface area contributed by atoms with Crippen molar-refractivity contribution in [3.8, 4) is 0 Å². The molecule has 0 aliphatic rings. The number of rotatable bonds is 6. The lowest BCUT2D eigenvalue weighted by atomic mass is 9.84. The summed E-state index contributed by atoms with van der Waals surface area (Å²) in [7, 11) is 0. The molecule has 1 N–H and O–H groups in total. The summed E-state index contributed by atoms with van der Waals surface area (Å²) in [5.41, 5.74) is 1.62. The van der Waals surface area contributed by atoms with Crippen molar-refractivity contribution in [2.45, 2.75) is 45.8 Å². The molecule has 0 saturated heterocycles. The van der Waals surface area contributed by atoms with Crippen molar-refractivity contribution in [2.24, 2.45) is 0 Å². The third-order valence-electron chi connectivity index (χ3n) is 4.74. The number of nitrogens with zero attached hydrogens (tertiary/aromatic N) is 2. The number of hydrogen-bond donors (Lipinski definition) is 1. The van der Waals surface area contributed by atoms with E-state index in [0.29, 0.717) is 0 Å². The largest absolute Gasteiger partial charge is 0.386 e. The summed E-state index contributed by atoms with van der Waals surface area (Å²) in [4.78, 5) is 6.73. The molecule has 0 fully saturated rings. The molecule has 2 atom stereocenters. The first kappa shape index (κ1) is 15.9. The second-order valence-corrected chi connectivity index (χ2v) is 5.74. The summed E-state index contributed by atoms with van der Waals surface area (Å²) in [6.07, 6.45) is 2.17. The minimum atomic E-state index is -0.520. The van der Waals surface area contributed by atoms with Gasteiger partial charge in [0.1, 0.15) is 0 Å². The fourth-order valence-electron chi connectivity index (χ4n) is 3.15. The maximum Gasteiger partial charge on any atom is 0.0971 e. The van der Waals surface area contributed by atoms with E-state index in [1.807, 2.05) is 30.3 Å². The second kappa shape index (κ2) is 6.54. The predicted molar refractivity (Wildman–Crippen MR) is 88.3 cm³/mol. The highest BCUT2D eigenvalue weighted by molar-refractivity contribution is 5.79. The normalized spacial score (nSPS) is 16.1. The molecular formula is C18H26N2O. The van der Waals surface area contributed by atoms with Crippen molar-refractivity contribution in [1.82, 2.24) is 9.88 Å². The molecular weight excluding hydrogens is 260 g/mol. The van der Waals surface area contributed by atoms with E-state index in [1.54, 1.807) is 6.20 Å². The molecule has 0 bridgehead atoms. The van der Waals surface area contributed by atoms with Gasteiger partial charge in [-0.05, 0) is 44.1 Å². The van der Waals surface area contributed by atoms with Gasteiger partial charge in [-0.3, -0.25) is 9.88 Å². The quantitative estimate of drug-likeness (QED) is 0.878. The Morgan fingerprint density at radius 1 is 1.19 bits per heavy atom. The first-order valence-corrected chi connectivity index (χ1v) is 7.84. The van der Waals surface area contributed by atoms with Gasteiger partial charge in [-0.1, -0.05) is 39.0 Å². The smallest absolute Gasteiger partial charge is 0.0971 e. The minimum absolute atomic E-state index is 0.258. The van der Waals surface area contributed by atoms with Crippen LogP contribution < -0.4 is 0 Å². The number of aromatic nitrogens is 1. The van der Waals surface area contributed by atoms with E-state index in [-0.39, 0.29) is 5.54 Å². The fraction of sp³-hybridized carbons (Fsp3) is 0.500. The first-order valence-electron chi connectivity index (χ1n) is 7.84. The van der Waals surface area contributed by atoms with E-state index in [2.05, 4.69) is 37.6 Å². The molecule has 0 aliphatic carbocycles. The van der Waals surface area contributed by atoms with Crippen LogP contribution >= 0.6 is 0 Å². The Labute approximate surface area is 127 Å². The van der Waals surface area contributed by atoms with Crippen molar-refractivity contribution in [1.29, 1.82) is 0 Å². The van der Waals surface area contributed by atoms with Crippen LogP contribution in [0, 0.1) is 0 Å². The van der Waals surface area contributed by atoms with Crippen LogP contribution in [-0.4, -0.2) is 33.6 Å². The van der Waals surface area contributed by atoms with E-state index in [9.17, 15) is 5.11 Å². The molecule has 2 aromatic rings. The standard InChI is InChI=1S/C18H26N2O/c1-5-18(4,20(6-2)7-3)17(21)15-11-10-14-9-8-12-19-16(14)13-15/h8-13,17,21H,5-7H2,1-4H3. The molecule has 3 heteroatoms. The average Bonchev–Trinajstić information content (AvgIpc) is 2.54. The van der Waals surface area contributed by atoms with E-state index in [0.717, 1.165) is 36.0 Å². The number of fused-ring (bicyclic) bond motifs is 1. The molecule has 2 rings (SSSR count). The molecule has 0 aliphatic heterocycles. The lowest BCUT2D eigenvalue weighted by molar-refractivity contribution is -0.0213. The summed E-state index contributed by atoms with van der Waals surface area (Å²) < 4.78 is 0. The fourth-order valence-corrected chi connectivity index (χ4v) is 3.15. The van der Waals surface area contributed by atoms with Crippen LogP contribution in [0.3, 0.4) is 0 Å². The highest BCUT2D eigenvalue weighted by Crippen LogP contribution is 2.34. The molecule has 2 unspecified atom stereocenters. The molecule has 0 radical (unpaired) electrons. The maximum absolute atomic E-state index is 11.0. The number of likely N-dealkylation sites (N-methyl/N-ethyl adjacent to an activating group) is 1. The van der Waals surface area contributed by atoms with Gasteiger partial charge in [0.15, 0.2) is 0 Å². The summed E-state index contributed by atoms with van der Waals surface area (Å²) in [5, 5.41) is 12.1. The number of aliphatic hydroxyl groups is 1. The number of aliphatic hydroxyl groups excluding tert-OH is 1. The lowest BCUT2D eigenvalue weighted by Crippen LogP contribution is -2.50. The molecule has 1 aromatic heterocycles. The Hall–Kier alpha value is -1.45. The van der Waals surface area contributed by atoms with Gasteiger partial charge in [0.2, 0.25) is 0 Å². The Kier molecular flexibility index (Phi) is 4.96. The Morgan fingerprint density at radius 3 is 2.52 bits per heavy atom. The zero-order chi connectivity index (χ0) is 15.5. The highest BCUT2D eigenvalue weighted by atomic mass is 16.3. The highest BCUT2D eigenvalue weighted by Gasteiger charge is 2.36.